The van der Waals surface area contributed by atoms with Crippen molar-refractivity contribution in [3.63, 3.8) is 0 Å². The maximum Gasteiger partial charge on any atom is 1.00 e. The summed E-state index contributed by atoms with van der Waals surface area (Å²) in [4.78, 5) is 0. The smallest absolute Gasteiger partial charge is 0.376 e. The molecule has 0 aliphatic carbocycles. The molecule has 26 heavy (non-hydrogen) atoms. The van der Waals surface area contributed by atoms with Gasteiger partial charge in [0.25, 0.3) is 0 Å². The molecule has 15 heteroatoms. The summed E-state index contributed by atoms with van der Waals surface area (Å²) in [6.45, 7) is 3.47. The minimum Gasteiger partial charge on any atom is -0.376 e. The molecule has 12 nitrogen and oxygen atoms in total. The zero-order chi connectivity index (χ0) is 19.3. The van der Waals surface area contributed by atoms with E-state index in [-0.39, 0.29) is 42.8 Å². The van der Waals surface area contributed by atoms with Gasteiger partial charge in [0.1, 0.15) is 18.3 Å². The van der Waals surface area contributed by atoms with E-state index < -0.39 is 51.5 Å². The van der Waals surface area contributed by atoms with Gasteiger partial charge in [-0.2, -0.15) is 16.8 Å². The van der Waals surface area contributed by atoms with Gasteiger partial charge >= 0.3 is 50.4 Å². The minimum absolute atomic E-state index is 0. The Morgan fingerprint density at radius 1 is 1.00 bits per heavy atom. The Balaban J connectivity index is 0.00000625. The Kier molecular flexibility index (Phi) is 11.5. The molecule has 0 radical (unpaired) electrons. The van der Waals surface area contributed by atoms with Crippen molar-refractivity contribution in [2.24, 2.45) is 0 Å². The van der Waals surface area contributed by atoms with E-state index in [4.69, 9.17) is 28.1 Å². The first kappa shape index (κ1) is 26.3. The van der Waals surface area contributed by atoms with Crippen molar-refractivity contribution in [3.8, 4) is 0 Å². The first-order chi connectivity index (χ1) is 11.5. The monoisotopic (exact) mass is 431 g/mol. The Labute approximate surface area is 173 Å². The van der Waals surface area contributed by atoms with Crippen LogP contribution in [0.3, 0.4) is 0 Å². The van der Waals surface area contributed by atoms with E-state index in [1.165, 1.54) is 6.08 Å². The molecule has 1 aliphatic rings. The van der Waals surface area contributed by atoms with Gasteiger partial charge < -0.3 is 18.9 Å². The maximum absolute atomic E-state index is 11.1. The Morgan fingerprint density at radius 3 is 1.96 bits per heavy atom. The molecule has 0 saturated carbocycles. The molecule has 5 atom stereocenters. The summed E-state index contributed by atoms with van der Waals surface area (Å²) in [5.74, 6) is 0. The molecule has 0 aromatic heterocycles. The van der Waals surface area contributed by atoms with Gasteiger partial charge in [0.15, 0.2) is 12.4 Å². The van der Waals surface area contributed by atoms with Gasteiger partial charge in [-0.1, -0.05) is 6.08 Å². The summed E-state index contributed by atoms with van der Waals surface area (Å²) in [6, 6.07) is 0. The van der Waals surface area contributed by atoms with Crippen LogP contribution in [0.1, 0.15) is 0 Å². The third-order valence-electron chi connectivity index (χ3n) is 3.08. The van der Waals surface area contributed by atoms with Crippen LogP contribution in [0.4, 0.5) is 0 Å². The number of ether oxygens (including phenoxy) is 4. The molecular weight excluding hydrogens is 411 g/mol. The zero-order valence-electron chi connectivity index (χ0n) is 14.4. The standard InChI is InChI=1S/C11H20O12S2.Na/c1-4-5-20-6-7-8(18-2)9(22-24(12,13)14)10(11(19-3)21-7)23-25(15,16)17;/h4,7-11H,1,5-6H2,2-3H3,(H,12,13,14)(H,15,16,17);/q;+1/t7-,8-,9+,10+,11+;/m1./s1. The Morgan fingerprint density at radius 2 is 1.54 bits per heavy atom. The summed E-state index contributed by atoms with van der Waals surface area (Å²) in [5, 5.41) is 0. The molecular formula is C11H20NaO12S2+. The van der Waals surface area contributed by atoms with Crippen molar-refractivity contribution in [2.75, 3.05) is 27.4 Å². The molecule has 0 aromatic carbocycles. The van der Waals surface area contributed by atoms with Crippen LogP contribution in [0.25, 0.3) is 0 Å². The van der Waals surface area contributed by atoms with Gasteiger partial charge in [-0.15, -0.1) is 6.58 Å². The maximum atomic E-state index is 11.1. The summed E-state index contributed by atoms with van der Waals surface area (Å²) >= 11 is 0. The van der Waals surface area contributed by atoms with E-state index in [0.29, 0.717) is 0 Å². The summed E-state index contributed by atoms with van der Waals surface area (Å²) in [7, 11) is -7.81. The van der Waals surface area contributed by atoms with Gasteiger partial charge in [-0.25, -0.2) is 8.37 Å². The molecule has 1 rings (SSSR count). The van der Waals surface area contributed by atoms with Crippen LogP contribution in [0.2, 0.25) is 0 Å². The molecule has 1 aliphatic heterocycles. The summed E-state index contributed by atoms with van der Waals surface area (Å²) < 4.78 is 91.7. The number of methoxy groups -OCH3 is 2. The van der Waals surface area contributed by atoms with E-state index in [2.05, 4.69) is 14.9 Å². The predicted octanol–water partition coefficient (Wildman–Crippen LogP) is -4.04. The van der Waals surface area contributed by atoms with E-state index in [0.717, 1.165) is 14.2 Å². The predicted molar refractivity (Wildman–Crippen MR) is 80.3 cm³/mol. The van der Waals surface area contributed by atoms with Crippen molar-refractivity contribution < 1.29 is 82.8 Å². The molecule has 0 spiro atoms. The SMILES string of the molecule is C=CCOC[C@H]1O[C@H](OC)[C@@H](OS(=O)(=O)O)[C@@H](OS(=O)(=O)O)[C@@H]1OC.[Na+]. The fourth-order valence-electron chi connectivity index (χ4n) is 2.25. The number of rotatable bonds is 10. The fraction of sp³-hybridized carbons (Fsp3) is 0.818. The van der Waals surface area contributed by atoms with Crippen molar-refractivity contribution in [1.29, 1.82) is 0 Å². The Hall–Kier alpha value is 0.320. The third-order valence-corrected chi connectivity index (χ3v) is 4.01. The van der Waals surface area contributed by atoms with Gasteiger partial charge in [0.05, 0.1) is 13.2 Å². The van der Waals surface area contributed by atoms with Crippen LogP contribution in [0.15, 0.2) is 12.7 Å². The van der Waals surface area contributed by atoms with Gasteiger partial charge in [-0.05, 0) is 0 Å². The molecule has 1 fully saturated rings. The second-order valence-electron chi connectivity index (χ2n) is 4.78. The molecule has 148 valence electrons. The van der Waals surface area contributed by atoms with Crippen LogP contribution in [0.5, 0.6) is 0 Å². The normalized spacial score (nSPS) is 29.8. The van der Waals surface area contributed by atoms with Crippen LogP contribution >= 0.6 is 0 Å². The molecule has 0 bridgehead atoms. The first-order valence-corrected chi connectivity index (χ1v) is 9.46. The fourth-order valence-corrected chi connectivity index (χ4v) is 3.23. The quantitative estimate of drug-likeness (QED) is 0.149. The molecule has 1 heterocycles. The largest absolute Gasteiger partial charge is 1.00 e. The second kappa shape index (κ2) is 11.4. The molecule has 0 amide bonds. The van der Waals surface area contributed by atoms with Crippen molar-refractivity contribution >= 4 is 20.8 Å². The van der Waals surface area contributed by atoms with E-state index in [9.17, 15) is 16.8 Å². The topological polar surface area (TPSA) is 164 Å². The van der Waals surface area contributed by atoms with Gasteiger partial charge in [-0.3, -0.25) is 9.11 Å². The van der Waals surface area contributed by atoms with E-state index in [1.54, 1.807) is 0 Å². The number of hydrogen-bond acceptors (Lipinski definition) is 10. The average Bonchev–Trinajstić information content (AvgIpc) is 2.47. The minimum atomic E-state index is -5.04. The zero-order valence-corrected chi connectivity index (χ0v) is 18.0. The van der Waals surface area contributed by atoms with Crippen molar-refractivity contribution in [3.05, 3.63) is 12.7 Å². The van der Waals surface area contributed by atoms with Crippen LogP contribution in [-0.4, -0.2) is 84.1 Å². The summed E-state index contributed by atoms with van der Waals surface area (Å²) in [6.07, 6.45) is -5.82. The number of hydrogen-bond donors (Lipinski definition) is 2. The van der Waals surface area contributed by atoms with Gasteiger partial charge in [0.2, 0.25) is 0 Å². The second-order valence-corrected chi connectivity index (χ2v) is 6.88. The van der Waals surface area contributed by atoms with Crippen LogP contribution in [0, 0.1) is 0 Å². The molecule has 1 saturated heterocycles. The third kappa shape index (κ3) is 8.55. The van der Waals surface area contributed by atoms with Crippen molar-refractivity contribution in [2.45, 2.75) is 30.7 Å². The van der Waals surface area contributed by atoms with E-state index in [1.807, 2.05) is 0 Å². The molecule has 2 N–H and O–H groups in total. The first-order valence-electron chi connectivity index (χ1n) is 6.73. The summed E-state index contributed by atoms with van der Waals surface area (Å²) in [5.41, 5.74) is 0. The molecule has 0 unspecified atom stereocenters. The van der Waals surface area contributed by atoms with Crippen LogP contribution < -0.4 is 29.6 Å². The van der Waals surface area contributed by atoms with E-state index >= 15 is 0 Å². The molecule has 0 aromatic rings. The van der Waals surface area contributed by atoms with Crippen LogP contribution in [-0.2, 0) is 48.1 Å². The Bertz CT molecular complexity index is 636. The van der Waals surface area contributed by atoms with Gasteiger partial charge in [0, 0.05) is 14.2 Å². The average molecular weight is 431 g/mol. The van der Waals surface area contributed by atoms with Crippen molar-refractivity contribution in [1.82, 2.24) is 0 Å².